The summed E-state index contributed by atoms with van der Waals surface area (Å²) in [6, 6.07) is 0. The highest BCUT2D eigenvalue weighted by Crippen LogP contribution is 2.14. The summed E-state index contributed by atoms with van der Waals surface area (Å²) in [6.45, 7) is 2.28. The van der Waals surface area contributed by atoms with E-state index >= 15 is 0 Å². The van der Waals surface area contributed by atoms with E-state index in [9.17, 15) is 9.90 Å². The first-order valence-corrected chi connectivity index (χ1v) is 11.5. The number of methoxy groups -OCH3 is 1. The fraction of sp³-hybridized carbons (Fsp3) is 0.957. The number of carbonyl (C=O) groups excluding carboxylic acids is 1. The molecular formula is C23H46O3. The molecular weight excluding hydrogens is 324 g/mol. The van der Waals surface area contributed by atoms with Crippen LogP contribution < -0.4 is 0 Å². The van der Waals surface area contributed by atoms with E-state index in [4.69, 9.17) is 0 Å². The van der Waals surface area contributed by atoms with Crippen LogP contribution in [0.2, 0.25) is 0 Å². The lowest BCUT2D eigenvalue weighted by Crippen LogP contribution is -2.21. The second kappa shape index (κ2) is 20.7. The van der Waals surface area contributed by atoms with Crippen LogP contribution in [0.15, 0.2) is 0 Å². The Morgan fingerprint density at radius 1 is 0.654 bits per heavy atom. The molecule has 0 aliphatic rings. The van der Waals surface area contributed by atoms with Gasteiger partial charge in [-0.3, -0.25) is 0 Å². The third-order valence-corrected chi connectivity index (χ3v) is 5.30. The smallest absolute Gasteiger partial charge is 0.334 e. The van der Waals surface area contributed by atoms with Gasteiger partial charge in [-0.15, -0.1) is 0 Å². The van der Waals surface area contributed by atoms with E-state index in [0.29, 0.717) is 6.42 Å². The Morgan fingerprint density at radius 3 is 1.27 bits per heavy atom. The van der Waals surface area contributed by atoms with Crippen LogP contribution in [0.1, 0.15) is 129 Å². The summed E-state index contributed by atoms with van der Waals surface area (Å²) >= 11 is 0. The van der Waals surface area contributed by atoms with E-state index < -0.39 is 12.1 Å². The van der Waals surface area contributed by atoms with E-state index in [1.54, 1.807) is 0 Å². The summed E-state index contributed by atoms with van der Waals surface area (Å²) in [7, 11) is 1.32. The van der Waals surface area contributed by atoms with Gasteiger partial charge in [0.2, 0.25) is 0 Å². The molecule has 3 nitrogen and oxygen atoms in total. The molecule has 0 aliphatic carbocycles. The summed E-state index contributed by atoms with van der Waals surface area (Å²) < 4.78 is 4.51. The SMILES string of the molecule is CCCCCCCCCCCCCCCCCCCC[C@H](O)C(=O)OC. The van der Waals surface area contributed by atoms with Gasteiger partial charge in [0.25, 0.3) is 0 Å². The molecule has 156 valence electrons. The van der Waals surface area contributed by atoms with Crippen molar-refractivity contribution in [3.63, 3.8) is 0 Å². The van der Waals surface area contributed by atoms with Gasteiger partial charge in [-0.2, -0.15) is 0 Å². The van der Waals surface area contributed by atoms with E-state index in [1.165, 1.54) is 110 Å². The van der Waals surface area contributed by atoms with Crippen LogP contribution in [0, 0.1) is 0 Å². The number of aliphatic hydroxyl groups is 1. The van der Waals surface area contributed by atoms with Crippen molar-refractivity contribution in [3.8, 4) is 0 Å². The van der Waals surface area contributed by atoms with Crippen molar-refractivity contribution in [1.29, 1.82) is 0 Å². The molecule has 0 bridgehead atoms. The first-order valence-electron chi connectivity index (χ1n) is 11.5. The average molecular weight is 371 g/mol. The molecule has 0 spiro atoms. The molecule has 0 unspecified atom stereocenters. The Balaban J connectivity index is 3.08. The van der Waals surface area contributed by atoms with Gasteiger partial charge in [0.05, 0.1) is 7.11 Å². The molecule has 0 radical (unpaired) electrons. The zero-order valence-electron chi connectivity index (χ0n) is 17.8. The highest BCUT2D eigenvalue weighted by Gasteiger charge is 2.13. The van der Waals surface area contributed by atoms with Crippen LogP contribution in [0.25, 0.3) is 0 Å². The minimum atomic E-state index is -0.930. The average Bonchev–Trinajstić information content (AvgIpc) is 2.66. The van der Waals surface area contributed by atoms with Gasteiger partial charge in [0.15, 0.2) is 6.10 Å². The van der Waals surface area contributed by atoms with Gasteiger partial charge >= 0.3 is 5.97 Å². The predicted octanol–water partition coefficient (Wildman–Crippen LogP) is 6.95. The topological polar surface area (TPSA) is 46.5 Å². The molecule has 0 rings (SSSR count). The van der Waals surface area contributed by atoms with Crippen molar-refractivity contribution in [2.75, 3.05) is 7.11 Å². The summed E-state index contributed by atoms with van der Waals surface area (Å²) in [5.41, 5.74) is 0. The Bertz CT molecular complexity index is 291. The maximum atomic E-state index is 11.1. The maximum absolute atomic E-state index is 11.1. The van der Waals surface area contributed by atoms with E-state index in [0.717, 1.165) is 12.8 Å². The molecule has 0 aromatic heterocycles. The monoisotopic (exact) mass is 370 g/mol. The number of ether oxygens (including phenoxy) is 1. The largest absolute Gasteiger partial charge is 0.467 e. The second-order valence-corrected chi connectivity index (χ2v) is 7.84. The highest BCUT2D eigenvalue weighted by atomic mass is 16.5. The first kappa shape index (κ1) is 25.4. The normalized spacial score (nSPS) is 12.3. The summed E-state index contributed by atoms with van der Waals surface area (Å²) in [5, 5.41) is 9.48. The molecule has 0 amide bonds. The third kappa shape index (κ3) is 18.2. The minimum absolute atomic E-state index is 0.503. The summed E-state index contributed by atoms with van der Waals surface area (Å²) in [5.74, 6) is -0.503. The summed E-state index contributed by atoms with van der Waals surface area (Å²) in [6.07, 6.45) is 23.9. The predicted molar refractivity (Wildman–Crippen MR) is 111 cm³/mol. The fourth-order valence-corrected chi connectivity index (χ4v) is 3.49. The molecule has 3 heteroatoms. The first-order chi connectivity index (χ1) is 12.7. The minimum Gasteiger partial charge on any atom is -0.467 e. The number of esters is 1. The lowest BCUT2D eigenvalue weighted by molar-refractivity contribution is -0.150. The van der Waals surface area contributed by atoms with Crippen LogP contribution in [0.5, 0.6) is 0 Å². The Morgan fingerprint density at radius 2 is 0.962 bits per heavy atom. The third-order valence-electron chi connectivity index (χ3n) is 5.30. The molecule has 0 fully saturated rings. The number of hydrogen-bond acceptors (Lipinski definition) is 3. The van der Waals surface area contributed by atoms with Crippen LogP contribution in [-0.2, 0) is 9.53 Å². The zero-order chi connectivity index (χ0) is 19.3. The van der Waals surface area contributed by atoms with Gasteiger partial charge in [-0.05, 0) is 6.42 Å². The van der Waals surface area contributed by atoms with Crippen LogP contribution in [-0.4, -0.2) is 24.3 Å². The number of rotatable bonds is 20. The van der Waals surface area contributed by atoms with Gasteiger partial charge in [-0.25, -0.2) is 4.79 Å². The van der Waals surface area contributed by atoms with E-state index in [-0.39, 0.29) is 0 Å². The standard InChI is InChI=1S/C23H46O3/c1-3-4-5-6-7-8-9-10-11-12-13-14-15-16-17-18-19-20-21-22(24)23(25)26-2/h22,24H,3-21H2,1-2H3/t22-/m0/s1. The lowest BCUT2D eigenvalue weighted by Gasteiger charge is -2.07. The molecule has 0 aliphatic heterocycles. The number of hydrogen-bond donors (Lipinski definition) is 1. The van der Waals surface area contributed by atoms with Crippen molar-refractivity contribution in [1.82, 2.24) is 0 Å². The van der Waals surface area contributed by atoms with Crippen LogP contribution >= 0.6 is 0 Å². The number of aliphatic hydroxyl groups excluding tert-OH is 1. The lowest BCUT2D eigenvalue weighted by atomic mass is 10.0. The molecule has 0 saturated carbocycles. The maximum Gasteiger partial charge on any atom is 0.334 e. The van der Waals surface area contributed by atoms with Crippen molar-refractivity contribution in [3.05, 3.63) is 0 Å². The van der Waals surface area contributed by atoms with Crippen molar-refractivity contribution >= 4 is 5.97 Å². The van der Waals surface area contributed by atoms with Crippen LogP contribution in [0.4, 0.5) is 0 Å². The second-order valence-electron chi connectivity index (χ2n) is 7.84. The fourth-order valence-electron chi connectivity index (χ4n) is 3.49. The quantitative estimate of drug-likeness (QED) is 0.186. The highest BCUT2D eigenvalue weighted by molar-refractivity contribution is 5.74. The molecule has 0 heterocycles. The van der Waals surface area contributed by atoms with Crippen LogP contribution in [0.3, 0.4) is 0 Å². The van der Waals surface area contributed by atoms with Crippen molar-refractivity contribution < 1.29 is 14.6 Å². The molecule has 1 atom stereocenters. The summed E-state index contributed by atoms with van der Waals surface area (Å²) in [4.78, 5) is 11.1. The van der Waals surface area contributed by atoms with Gasteiger partial charge in [0, 0.05) is 0 Å². The Kier molecular flexibility index (Phi) is 20.3. The van der Waals surface area contributed by atoms with Gasteiger partial charge < -0.3 is 9.84 Å². The molecule has 0 aromatic carbocycles. The number of unbranched alkanes of at least 4 members (excludes halogenated alkanes) is 17. The van der Waals surface area contributed by atoms with E-state index in [2.05, 4.69) is 11.7 Å². The Hall–Kier alpha value is -0.570. The van der Waals surface area contributed by atoms with Gasteiger partial charge in [0.1, 0.15) is 0 Å². The number of carbonyl (C=O) groups is 1. The van der Waals surface area contributed by atoms with Crippen molar-refractivity contribution in [2.24, 2.45) is 0 Å². The zero-order valence-corrected chi connectivity index (χ0v) is 17.8. The molecule has 26 heavy (non-hydrogen) atoms. The van der Waals surface area contributed by atoms with Gasteiger partial charge in [-0.1, -0.05) is 122 Å². The molecule has 0 aromatic rings. The van der Waals surface area contributed by atoms with Crippen molar-refractivity contribution in [2.45, 2.75) is 135 Å². The Labute approximate surface area is 163 Å². The molecule has 0 saturated heterocycles. The van der Waals surface area contributed by atoms with E-state index in [1.807, 2.05) is 0 Å². The molecule has 1 N–H and O–H groups in total.